The second-order valence-corrected chi connectivity index (χ2v) is 7.25. The molecule has 0 amide bonds. The van der Waals surface area contributed by atoms with Gasteiger partial charge in [0, 0.05) is 12.1 Å². The molecule has 0 radical (unpaired) electrons. The summed E-state index contributed by atoms with van der Waals surface area (Å²) >= 11 is 0. The fourth-order valence-electron chi connectivity index (χ4n) is 2.33. The summed E-state index contributed by atoms with van der Waals surface area (Å²) in [4.78, 5) is 0.119. The van der Waals surface area contributed by atoms with E-state index in [2.05, 4.69) is 0 Å². The zero-order chi connectivity index (χ0) is 17.3. The summed E-state index contributed by atoms with van der Waals surface area (Å²) in [5, 5.41) is 0. The van der Waals surface area contributed by atoms with Gasteiger partial charge < -0.3 is 14.0 Å². The topological polar surface area (TPSA) is 61.8 Å². The van der Waals surface area contributed by atoms with Crippen molar-refractivity contribution in [2.24, 2.45) is 0 Å². The number of sulfonamides is 1. The zero-order valence-electron chi connectivity index (χ0n) is 12.8. The van der Waals surface area contributed by atoms with E-state index in [1.54, 1.807) is 12.1 Å². The Labute approximate surface area is 139 Å². The van der Waals surface area contributed by atoms with E-state index >= 15 is 0 Å². The van der Waals surface area contributed by atoms with Crippen molar-refractivity contribution in [3.8, 4) is 11.5 Å². The van der Waals surface area contributed by atoms with Crippen LogP contribution in [0.3, 0.4) is 0 Å². The monoisotopic (exact) mass is 355 g/mol. The van der Waals surface area contributed by atoms with Gasteiger partial charge in [-0.1, -0.05) is 10.3 Å². The molecule has 5 nitrogen and oxygen atoms in total. The van der Waals surface area contributed by atoms with E-state index in [4.69, 9.17) is 9.47 Å². The van der Waals surface area contributed by atoms with Crippen molar-refractivity contribution >= 4 is 10.4 Å². The molecule has 1 heterocycles. The van der Waals surface area contributed by atoms with E-state index in [-0.39, 0.29) is 23.7 Å². The molecule has 1 unspecified atom stereocenters. The Balaban J connectivity index is 1.65. The number of ether oxygens (including phenoxy) is 2. The maximum atomic E-state index is 13.5. The molecule has 24 heavy (non-hydrogen) atoms. The molecular weight excluding hydrogens is 340 g/mol. The van der Waals surface area contributed by atoms with Gasteiger partial charge in [-0.15, -0.1) is 4.31 Å². The van der Waals surface area contributed by atoms with Crippen LogP contribution in [-0.2, 0) is 14.6 Å². The van der Waals surface area contributed by atoms with Crippen LogP contribution in [0.5, 0.6) is 11.5 Å². The van der Waals surface area contributed by atoms with Gasteiger partial charge in [0.1, 0.15) is 17.7 Å². The number of methoxy groups -OCH3 is 1. The van der Waals surface area contributed by atoms with Crippen LogP contribution in [0.15, 0.2) is 47.4 Å². The van der Waals surface area contributed by atoms with Gasteiger partial charge in [-0.3, -0.25) is 0 Å². The van der Waals surface area contributed by atoms with Crippen molar-refractivity contribution < 1.29 is 27.0 Å². The van der Waals surface area contributed by atoms with Crippen molar-refractivity contribution in [3.05, 3.63) is 54.1 Å². The molecule has 2 aromatic carbocycles. The number of hydrogen-bond donors (Lipinski definition) is 0. The van der Waals surface area contributed by atoms with Gasteiger partial charge in [0.25, 0.3) is 0 Å². The first kappa shape index (κ1) is 16.8. The molecule has 8 heteroatoms. The van der Waals surface area contributed by atoms with Gasteiger partial charge in [-0.05, 0) is 24.3 Å². The molecule has 3 rings (SSSR count). The molecule has 1 atom stereocenters. The Morgan fingerprint density at radius 1 is 1.21 bits per heavy atom. The molecule has 0 bridgehead atoms. The first-order valence-corrected chi connectivity index (χ1v) is 8.60. The maximum absolute atomic E-state index is 13.5. The Morgan fingerprint density at radius 3 is 2.62 bits per heavy atom. The second kappa shape index (κ2) is 6.46. The van der Waals surface area contributed by atoms with Crippen LogP contribution in [0.4, 0.5) is 8.78 Å². The predicted octanol–water partition coefficient (Wildman–Crippen LogP) is 2.64. The minimum absolute atomic E-state index is 0.0936. The molecule has 1 saturated heterocycles. The fraction of sp³-hybridized carbons (Fsp3) is 0.250. The van der Waals surface area contributed by atoms with E-state index in [9.17, 15) is 17.5 Å². The summed E-state index contributed by atoms with van der Waals surface area (Å²) in [6.45, 7) is 0.187. The average molecular weight is 355 g/mol. The molecule has 2 aromatic rings. The van der Waals surface area contributed by atoms with Crippen LogP contribution >= 0.6 is 0 Å². The van der Waals surface area contributed by atoms with Gasteiger partial charge >= 0.3 is 0 Å². The lowest BCUT2D eigenvalue weighted by Gasteiger charge is -2.39. The summed E-state index contributed by atoms with van der Waals surface area (Å²) < 4.78 is 63.0. The highest BCUT2D eigenvalue weighted by Gasteiger charge is 2.43. The largest absolute Gasteiger partial charge is 0.593 e. The molecule has 128 valence electrons. The minimum atomic E-state index is -3.66. The summed E-state index contributed by atoms with van der Waals surface area (Å²) in [6.07, 6.45) is -0.481. The molecule has 0 aliphatic carbocycles. The Bertz CT molecular complexity index is 795. The Hall–Kier alpha value is -2.03. The highest BCUT2D eigenvalue weighted by atomic mass is 32.3. The number of rotatable bonds is 5. The fourth-order valence-corrected chi connectivity index (χ4v) is 3.87. The maximum Gasteiger partial charge on any atom is 0.179 e. The lowest BCUT2D eigenvalue weighted by atomic mass is 10.2. The van der Waals surface area contributed by atoms with Crippen LogP contribution in [0.1, 0.15) is 0 Å². The van der Waals surface area contributed by atoms with Crippen LogP contribution in [0.2, 0.25) is 0 Å². The highest BCUT2D eigenvalue weighted by molar-refractivity contribution is 7.95. The lowest BCUT2D eigenvalue weighted by Crippen LogP contribution is -2.58. The first-order valence-electron chi connectivity index (χ1n) is 7.16. The first-order chi connectivity index (χ1) is 11.4. The van der Waals surface area contributed by atoms with Crippen LogP contribution in [-0.4, -0.2) is 35.2 Å². The number of nitrogens with zero attached hydrogens (tertiary/aromatic N) is 1. The number of hydrogen-bond acceptors (Lipinski definition) is 4. The Morgan fingerprint density at radius 2 is 1.96 bits per heavy atom. The number of benzene rings is 2. The Kier molecular flexibility index (Phi) is 4.53. The van der Waals surface area contributed by atoms with Gasteiger partial charge in [-0.25, -0.2) is 8.78 Å². The van der Waals surface area contributed by atoms with E-state index in [1.807, 2.05) is 0 Å². The SMILES string of the molecule is COc1cccc([S+](=O)([O-])N2CC(Oc3ccc(F)cc3F)C2)c1. The van der Waals surface area contributed by atoms with Gasteiger partial charge in [0.15, 0.2) is 26.9 Å². The molecule has 1 aliphatic heterocycles. The normalized spacial score (nSPS) is 17.8. The number of halogens is 2. The van der Waals surface area contributed by atoms with Crippen molar-refractivity contribution in [1.82, 2.24) is 4.31 Å². The molecule has 1 fully saturated rings. The van der Waals surface area contributed by atoms with Crippen molar-refractivity contribution in [2.45, 2.75) is 11.0 Å². The standard InChI is InChI=1S/C16H15F2NO4S/c1-22-12-3-2-4-14(8-12)24(20,21)19-9-13(10-19)23-16-6-5-11(17)7-15(16)18/h2-8,13H,9-10H2,1H3. The van der Waals surface area contributed by atoms with Crippen LogP contribution < -0.4 is 9.47 Å². The summed E-state index contributed by atoms with van der Waals surface area (Å²) in [6, 6.07) is 9.14. The van der Waals surface area contributed by atoms with Gasteiger partial charge in [0.2, 0.25) is 0 Å². The molecule has 1 aliphatic rings. The van der Waals surface area contributed by atoms with Crippen LogP contribution in [0.25, 0.3) is 0 Å². The molecule has 0 aromatic heterocycles. The van der Waals surface area contributed by atoms with E-state index in [0.29, 0.717) is 5.75 Å². The lowest BCUT2D eigenvalue weighted by molar-refractivity contribution is 0.0668. The quantitative estimate of drug-likeness (QED) is 0.774. The van der Waals surface area contributed by atoms with Crippen molar-refractivity contribution in [3.63, 3.8) is 0 Å². The van der Waals surface area contributed by atoms with Crippen molar-refractivity contribution in [1.29, 1.82) is 0 Å². The van der Waals surface area contributed by atoms with E-state index < -0.39 is 28.1 Å². The summed E-state index contributed by atoms with van der Waals surface area (Å²) in [5.74, 6) is -1.17. The molecular formula is C16H15F2NO4S. The summed E-state index contributed by atoms with van der Waals surface area (Å²) in [5.41, 5.74) is 0. The van der Waals surface area contributed by atoms with E-state index in [0.717, 1.165) is 12.1 Å². The van der Waals surface area contributed by atoms with E-state index in [1.165, 1.54) is 29.6 Å². The molecule has 0 spiro atoms. The third-order valence-corrected chi connectivity index (χ3v) is 5.51. The second-order valence-electron chi connectivity index (χ2n) is 5.32. The third kappa shape index (κ3) is 3.26. The van der Waals surface area contributed by atoms with Crippen LogP contribution in [0, 0.1) is 11.6 Å². The predicted molar refractivity (Wildman–Crippen MR) is 82.4 cm³/mol. The molecule has 0 saturated carbocycles. The summed E-state index contributed by atoms with van der Waals surface area (Å²) in [7, 11) is -2.20. The van der Waals surface area contributed by atoms with Gasteiger partial charge in [-0.2, -0.15) is 0 Å². The minimum Gasteiger partial charge on any atom is -0.593 e. The third-order valence-electron chi connectivity index (χ3n) is 3.68. The average Bonchev–Trinajstić information content (AvgIpc) is 2.52. The van der Waals surface area contributed by atoms with Crippen molar-refractivity contribution in [2.75, 3.05) is 20.2 Å². The highest BCUT2D eigenvalue weighted by Crippen LogP contribution is 2.30. The van der Waals surface area contributed by atoms with Gasteiger partial charge in [0.05, 0.1) is 20.2 Å². The smallest absolute Gasteiger partial charge is 0.179 e. The molecule has 0 N–H and O–H groups in total. The zero-order valence-corrected chi connectivity index (χ0v) is 13.6.